The van der Waals surface area contributed by atoms with Crippen LogP contribution in [0.2, 0.25) is 0 Å². The largest absolute Gasteiger partial charge is 0.478 e. The fourth-order valence-electron chi connectivity index (χ4n) is 1.36. The summed E-state index contributed by atoms with van der Waals surface area (Å²) in [5, 5.41) is 11.2. The Morgan fingerprint density at radius 2 is 2.20 bits per heavy atom. The minimum atomic E-state index is -0.957. The van der Waals surface area contributed by atoms with Gasteiger partial charge >= 0.3 is 12.1 Å². The summed E-state index contributed by atoms with van der Waals surface area (Å²) in [6, 6.07) is 7.22. The molecule has 0 unspecified atom stereocenters. The van der Waals surface area contributed by atoms with E-state index in [2.05, 4.69) is 5.32 Å². The van der Waals surface area contributed by atoms with Gasteiger partial charge < -0.3 is 15.2 Å². The van der Waals surface area contributed by atoms with Crippen LogP contribution in [-0.2, 0) is 4.79 Å². The first-order valence-electron chi connectivity index (χ1n) is 6.02. The Bertz CT molecular complexity index is 514. The number of rotatable bonds is 6. The van der Waals surface area contributed by atoms with Crippen molar-refractivity contribution in [2.24, 2.45) is 0 Å². The van der Waals surface area contributed by atoms with Gasteiger partial charge in [-0.05, 0) is 37.8 Å². The number of benzene rings is 1. The second-order valence-electron chi connectivity index (χ2n) is 3.98. The van der Waals surface area contributed by atoms with E-state index in [9.17, 15) is 9.59 Å². The fraction of sp³-hybridized carbons (Fsp3) is 0.286. The summed E-state index contributed by atoms with van der Waals surface area (Å²) in [7, 11) is 0. The molecular weight excluding hydrogens is 278 g/mol. The lowest BCUT2D eigenvalue weighted by molar-refractivity contribution is -0.132. The van der Waals surface area contributed by atoms with Gasteiger partial charge in [0.05, 0.1) is 0 Å². The summed E-state index contributed by atoms with van der Waals surface area (Å²) in [4.78, 5) is 23.1. The van der Waals surface area contributed by atoms with Crippen LogP contribution >= 0.6 is 11.8 Å². The van der Waals surface area contributed by atoms with Crippen molar-refractivity contribution >= 4 is 23.8 Å². The van der Waals surface area contributed by atoms with Crippen LogP contribution in [0.5, 0.6) is 5.75 Å². The molecule has 5 nitrogen and oxygen atoms in total. The van der Waals surface area contributed by atoms with Gasteiger partial charge in [-0.15, -0.1) is 11.8 Å². The summed E-state index contributed by atoms with van der Waals surface area (Å²) < 4.78 is 5.11. The number of aliphatic carboxylic acids is 1. The van der Waals surface area contributed by atoms with Crippen molar-refractivity contribution in [1.82, 2.24) is 5.32 Å². The maximum absolute atomic E-state index is 11.5. The van der Waals surface area contributed by atoms with Crippen LogP contribution in [-0.4, -0.2) is 30.0 Å². The molecule has 0 spiro atoms. The number of carbonyl (C=O) groups is 2. The topological polar surface area (TPSA) is 75.6 Å². The molecule has 0 heterocycles. The van der Waals surface area contributed by atoms with Crippen molar-refractivity contribution in [3.63, 3.8) is 0 Å². The fourth-order valence-corrected chi connectivity index (χ4v) is 1.81. The zero-order chi connectivity index (χ0) is 15.0. The Morgan fingerprint density at radius 3 is 2.85 bits per heavy atom. The third-order valence-corrected chi connectivity index (χ3v) is 3.18. The number of ether oxygens (including phenoxy) is 1. The Labute approximate surface area is 122 Å². The highest BCUT2D eigenvalue weighted by molar-refractivity contribution is 7.98. The normalized spacial score (nSPS) is 11.0. The van der Waals surface area contributed by atoms with Crippen LogP contribution < -0.4 is 10.1 Å². The monoisotopic (exact) mass is 295 g/mol. The number of carboxylic acid groups (broad SMARTS) is 1. The van der Waals surface area contributed by atoms with Gasteiger partial charge in [-0.25, -0.2) is 9.59 Å². The molecule has 0 saturated heterocycles. The maximum Gasteiger partial charge on any atom is 0.412 e. The molecule has 108 valence electrons. The van der Waals surface area contributed by atoms with Gasteiger partial charge in [0.2, 0.25) is 0 Å². The molecule has 20 heavy (non-hydrogen) atoms. The third-order valence-electron chi connectivity index (χ3n) is 2.45. The molecule has 1 amide bonds. The lowest BCUT2D eigenvalue weighted by Crippen LogP contribution is -2.27. The molecule has 1 rings (SSSR count). The molecule has 2 N–H and O–H groups in total. The number of amides is 1. The number of hydrogen-bond donors (Lipinski definition) is 2. The van der Waals surface area contributed by atoms with E-state index in [-0.39, 0.29) is 5.57 Å². The van der Waals surface area contributed by atoms with Gasteiger partial charge in [-0.1, -0.05) is 12.1 Å². The first kappa shape index (κ1) is 16.1. The zero-order valence-electron chi connectivity index (χ0n) is 11.4. The first-order chi connectivity index (χ1) is 9.52. The van der Waals surface area contributed by atoms with E-state index in [1.165, 1.54) is 6.92 Å². The van der Waals surface area contributed by atoms with Crippen molar-refractivity contribution in [2.45, 2.75) is 18.2 Å². The van der Waals surface area contributed by atoms with E-state index < -0.39 is 12.1 Å². The van der Waals surface area contributed by atoms with Crippen molar-refractivity contribution in [2.75, 3.05) is 12.8 Å². The van der Waals surface area contributed by atoms with Crippen LogP contribution in [0.25, 0.3) is 0 Å². The minimum absolute atomic E-state index is 0.257. The van der Waals surface area contributed by atoms with Gasteiger partial charge in [0.15, 0.2) is 0 Å². The molecule has 0 aliphatic rings. The molecule has 0 aliphatic heterocycles. The lowest BCUT2D eigenvalue weighted by atomic mass is 10.2. The Hall–Kier alpha value is -1.95. The SMILES string of the molecule is CSc1cccc(OC(=O)NCC/C=C(\C)C(=O)O)c1. The van der Waals surface area contributed by atoms with Crippen molar-refractivity contribution < 1.29 is 19.4 Å². The zero-order valence-corrected chi connectivity index (χ0v) is 12.2. The summed E-state index contributed by atoms with van der Waals surface area (Å²) >= 11 is 1.56. The van der Waals surface area contributed by atoms with E-state index in [0.29, 0.717) is 18.7 Å². The first-order valence-corrected chi connectivity index (χ1v) is 7.25. The minimum Gasteiger partial charge on any atom is -0.478 e. The number of thioether (sulfide) groups is 1. The summed E-state index contributed by atoms with van der Waals surface area (Å²) in [5.41, 5.74) is 0.257. The van der Waals surface area contributed by atoms with Crippen LogP contribution in [0.1, 0.15) is 13.3 Å². The molecule has 1 aromatic carbocycles. The van der Waals surface area contributed by atoms with E-state index >= 15 is 0 Å². The summed E-state index contributed by atoms with van der Waals surface area (Å²) in [5.74, 6) is -0.479. The molecule has 6 heteroatoms. The second-order valence-corrected chi connectivity index (χ2v) is 4.86. The Balaban J connectivity index is 2.37. The van der Waals surface area contributed by atoms with Crippen LogP contribution in [0.15, 0.2) is 40.8 Å². The molecule has 0 radical (unpaired) electrons. The van der Waals surface area contributed by atoms with Gasteiger partial charge in [-0.2, -0.15) is 0 Å². The highest BCUT2D eigenvalue weighted by Gasteiger charge is 2.04. The van der Waals surface area contributed by atoms with Gasteiger partial charge in [0, 0.05) is 17.0 Å². The van der Waals surface area contributed by atoms with Crippen molar-refractivity contribution in [3.05, 3.63) is 35.9 Å². The van der Waals surface area contributed by atoms with E-state index in [4.69, 9.17) is 9.84 Å². The van der Waals surface area contributed by atoms with Gasteiger partial charge in [0.25, 0.3) is 0 Å². The van der Waals surface area contributed by atoms with Crippen LogP contribution in [0, 0.1) is 0 Å². The quantitative estimate of drug-likeness (QED) is 0.479. The number of nitrogens with one attached hydrogen (secondary N) is 1. The van der Waals surface area contributed by atoms with Gasteiger partial charge in [0.1, 0.15) is 5.75 Å². The number of carbonyl (C=O) groups excluding carboxylic acids is 1. The highest BCUT2D eigenvalue weighted by Crippen LogP contribution is 2.20. The predicted molar refractivity (Wildman–Crippen MR) is 78.3 cm³/mol. The predicted octanol–water partition coefficient (Wildman–Crippen LogP) is 2.92. The molecule has 0 fully saturated rings. The average Bonchev–Trinajstić information content (AvgIpc) is 2.43. The molecule has 1 aromatic rings. The second kappa shape index (κ2) is 8.27. The maximum atomic E-state index is 11.5. The summed E-state index contributed by atoms with van der Waals surface area (Å²) in [6.45, 7) is 1.83. The van der Waals surface area contributed by atoms with Crippen LogP contribution in [0.3, 0.4) is 0 Å². The van der Waals surface area contributed by atoms with Gasteiger partial charge in [-0.3, -0.25) is 0 Å². The molecule has 0 atom stereocenters. The van der Waals surface area contributed by atoms with E-state index in [1.807, 2.05) is 18.4 Å². The third kappa shape index (κ3) is 5.79. The Kier molecular flexibility index (Phi) is 6.66. The molecular formula is C14H17NO4S. The number of carboxylic acids is 1. The summed E-state index contributed by atoms with van der Waals surface area (Å²) in [6.07, 6.45) is 3.38. The highest BCUT2D eigenvalue weighted by atomic mass is 32.2. The average molecular weight is 295 g/mol. The standard InChI is InChI=1S/C14H17NO4S/c1-10(13(16)17)5-4-8-15-14(18)19-11-6-3-7-12(9-11)20-2/h3,5-7,9H,4,8H2,1-2H3,(H,15,18)(H,16,17)/b10-5+. The molecule has 0 aliphatic carbocycles. The van der Waals surface area contributed by atoms with E-state index in [1.54, 1.807) is 30.0 Å². The molecule has 0 saturated carbocycles. The Morgan fingerprint density at radius 1 is 1.45 bits per heavy atom. The van der Waals surface area contributed by atoms with Crippen LogP contribution in [0.4, 0.5) is 4.79 Å². The van der Waals surface area contributed by atoms with E-state index in [0.717, 1.165) is 4.90 Å². The smallest absolute Gasteiger partial charge is 0.412 e. The molecule has 0 aromatic heterocycles. The van der Waals surface area contributed by atoms with Crippen molar-refractivity contribution in [1.29, 1.82) is 0 Å². The number of hydrogen-bond acceptors (Lipinski definition) is 4. The van der Waals surface area contributed by atoms with Crippen molar-refractivity contribution in [3.8, 4) is 5.75 Å². The molecule has 0 bridgehead atoms. The lowest BCUT2D eigenvalue weighted by Gasteiger charge is -2.06.